The van der Waals surface area contributed by atoms with Crippen LogP contribution in [-0.4, -0.2) is 11.6 Å². The number of aromatic nitrogens is 1. The van der Waals surface area contributed by atoms with E-state index in [1.54, 1.807) is 6.07 Å². The fraction of sp³-hybridized carbons (Fsp3) is 0.214. The molecule has 1 aromatic heterocycles. The van der Waals surface area contributed by atoms with Crippen molar-refractivity contribution in [2.24, 2.45) is 0 Å². The summed E-state index contributed by atoms with van der Waals surface area (Å²) >= 11 is 0. The molecule has 1 aromatic carbocycles. The quantitative estimate of drug-likeness (QED) is 0.828. The first-order chi connectivity index (χ1) is 8.72. The van der Waals surface area contributed by atoms with Crippen molar-refractivity contribution in [2.75, 3.05) is 0 Å². The van der Waals surface area contributed by atoms with Crippen LogP contribution in [0.15, 0.2) is 36.5 Å². The predicted octanol–water partition coefficient (Wildman–Crippen LogP) is 3.45. The van der Waals surface area contributed by atoms with Crippen LogP contribution in [-0.2, 0) is 12.8 Å². The molecule has 0 amide bonds. The van der Waals surface area contributed by atoms with Gasteiger partial charge in [0.15, 0.2) is 0 Å². The van der Waals surface area contributed by atoms with Crippen molar-refractivity contribution in [1.82, 2.24) is 4.98 Å². The lowest BCUT2D eigenvalue weighted by Gasteiger charge is -2.19. The third kappa shape index (κ3) is 2.06. The Kier molecular flexibility index (Phi) is 2.70. The van der Waals surface area contributed by atoms with E-state index in [1.807, 2.05) is 6.07 Å². The van der Waals surface area contributed by atoms with Gasteiger partial charge in [-0.25, -0.2) is 4.98 Å². The van der Waals surface area contributed by atoms with E-state index in [0.717, 1.165) is 24.0 Å². The second-order valence-electron chi connectivity index (χ2n) is 4.24. The number of benzene rings is 1. The smallest absolute Gasteiger partial charge is 0.388 e. The molecule has 2 nitrogen and oxygen atoms in total. The zero-order chi connectivity index (χ0) is 12.5. The number of ether oxygens (including phenoxy) is 1. The summed E-state index contributed by atoms with van der Waals surface area (Å²) < 4.78 is 28.5. The van der Waals surface area contributed by atoms with Gasteiger partial charge in [0.2, 0.25) is 5.88 Å². The number of aryl methyl sites for hydroxylation is 2. The molecule has 1 aliphatic rings. The van der Waals surface area contributed by atoms with E-state index in [9.17, 15) is 8.78 Å². The number of halogens is 2. The maximum Gasteiger partial charge on any atom is 0.388 e. The van der Waals surface area contributed by atoms with Crippen molar-refractivity contribution in [3.05, 3.63) is 47.7 Å². The second kappa shape index (κ2) is 4.37. The van der Waals surface area contributed by atoms with Crippen LogP contribution in [0.4, 0.5) is 8.78 Å². The molecular weight excluding hydrogens is 236 g/mol. The fourth-order valence-corrected chi connectivity index (χ4v) is 2.12. The van der Waals surface area contributed by atoms with Gasteiger partial charge in [-0.1, -0.05) is 18.2 Å². The van der Waals surface area contributed by atoms with Crippen LogP contribution in [0.1, 0.15) is 11.1 Å². The van der Waals surface area contributed by atoms with Crippen LogP contribution >= 0.6 is 0 Å². The van der Waals surface area contributed by atoms with Crippen LogP contribution in [0.3, 0.4) is 0 Å². The van der Waals surface area contributed by atoms with E-state index >= 15 is 0 Å². The molecule has 0 radical (unpaired) electrons. The Hall–Kier alpha value is -1.97. The van der Waals surface area contributed by atoms with Crippen LogP contribution in [0.5, 0.6) is 5.88 Å². The predicted molar refractivity (Wildman–Crippen MR) is 63.7 cm³/mol. The zero-order valence-electron chi connectivity index (χ0n) is 9.57. The van der Waals surface area contributed by atoms with E-state index in [2.05, 4.69) is 21.9 Å². The van der Waals surface area contributed by atoms with Crippen molar-refractivity contribution in [1.29, 1.82) is 0 Å². The van der Waals surface area contributed by atoms with Gasteiger partial charge >= 0.3 is 6.61 Å². The molecule has 0 unspecified atom stereocenters. The number of hydrogen-bond donors (Lipinski definition) is 0. The summed E-state index contributed by atoms with van der Waals surface area (Å²) in [6.45, 7) is -2.84. The van der Waals surface area contributed by atoms with Crippen molar-refractivity contribution in [3.63, 3.8) is 0 Å². The number of pyridine rings is 1. The van der Waals surface area contributed by atoms with E-state index in [4.69, 9.17) is 0 Å². The minimum Gasteiger partial charge on any atom is -0.417 e. The van der Waals surface area contributed by atoms with Crippen LogP contribution in [0.2, 0.25) is 0 Å². The van der Waals surface area contributed by atoms with Gasteiger partial charge in [-0.3, -0.25) is 0 Å². The third-order valence-electron chi connectivity index (χ3n) is 3.15. The third-order valence-corrected chi connectivity index (χ3v) is 3.15. The topological polar surface area (TPSA) is 22.1 Å². The summed E-state index contributed by atoms with van der Waals surface area (Å²) in [6.07, 6.45) is 3.70. The molecule has 18 heavy (non-hydrogen) atoms. The summed E-state index contributed by atoms with van der Waals surface area (Å²) in [4.78, 5) is 3.76. The molecule has 0 saturated heterocycles. The molecule has 2 aromatic rings. The molecule has 0 fully saturated rings. The molecule has 0 spiro atoms. The highest BCUT2D eigenvalue weighted by molar-refractivity contribution is 5.66. The first-order valence-corrected chi connectivity index (χ1v) is 5.75. The van der Waals surface area contributed by atoms with Crippen molar-refractivity contribution >= 4 is 0 Å². The maximum atomic E-state index is 12.1. The lowest BCUT2D eigenvalue weighted by atomic mass is 9.86. The summed E-state index contributed by atoms with van der Waals surface area (Å²) in [7, 11) is 0. The Bertz CT molecular complexity index is 584. The van der Waals surface area contributed by atoms with Crippen molar-refractivity contribution in [2.45, 2.75) is 19.5 Å². The number of nitrogens with zero attached hydrogens (tertiary/aromatic N) is 1. The highest BCUT2D eigenvalue weighted by atomic mass is 19.3. The molecule has 0 atom stereocenters. The van der Waals surface area contributed by atoms with Gasteiger partial charge in [-0.15, -0.1) is 0 Å². The molecule has 0 bridgehead atoms. The zero-order valence-corrected chi connectivity index (χ0v) is 9.57. The Morgan fingerprint density at radius 2 is 1.78 bits per heavy atom. The second-order valence-corrected chi connectivity index (χ2v) is 4.24. The molecule has 3 rings (SSSR count). The lowest BCUT2D eigenvalue weighted by molar-refractivity contribution is -0.0528. The normalized spacial score (nSPS) is 13.1. The van der Waals surface area contributed by atoms with E-state index < -0.39 is 6.61 Å². The molecule has 1 heterocycles. The molecule has 0 N–H and O–H groups in total. The van der Waals surface area contributed by atoms with E-state index in [1.165, 1.54) is 23.4 Å². The van der Waals surface area contributed by atoms with Gasteiger partial charge in [0.1, 0.15) is 0 Å². The number of rotatable bonds is 3. The molecule has 92 valence electrons. The van der Waals surface area contributed by atoms with Crippen molar-refractivity contribution in [3.8, 4) is 17.0 Å². The Morgan fingerprint density at radius 3 is 2.44 bits per heavy atom. The summed E-state index contributed by atoms with van der Waals surface area (Å²) in [6, 6.07) is 9.51. The first-order valence-electron chi connectivity index (χ1n) is 5.75. The summed E-state index contributed by atoms with van der Waals surface area (Å²) in [5.41, 5.74) is 4.56. The Morgan fingerprint density at radius 1 is 1.00 bits per heavy atom. The highest BCUT2D eigenvalue weighted by Gasteiger charge is 2.14. The number of hydrogen-bond acceptors (Lipinski definition) is 2. The Labute approximate surface area is 103 Å². The van der Waals surface area contributed by atoms with Gasteiger partial charge in [-0.05, 0) is 41.2 Å². The number of alkyl halides is 2. The van der Waals surface area contributed by atoms with Crippen LogP contribution in [0, 0.1) is 0 Å². The van der Waals surface area contributed by atoms with Gasteiger partial charge in [0, 0.05) is 12.3 Å². The van der Waals surface area contributed by atoms with Gasteiger partial charge in [-0.2, -0.15) is 8.78 Å². The SMILES string of the molecule is FC(F)Oc1cc(-c2ccc3c(c2)CC3)ccn1. The largest absolute Gasteiger partial charge is 0.417 e. The maximum absolute atomic E-state index is 12.1. The molecular formula is C14H11F2NO. The Balaban J connectivity index is 1.93. The average molecular weight is 247 g/mol. The number of fused-ring (bicyclic) bond motifs is 1. The van der Waals surface area contributed by atoms with Gasteiger partial charge in [0.05, 0.1) is 0 Å². The summed E-state index contributed by atoms with van der Waals surface area (Å²) in [5, 5.41) is 0. The van der Waals surface area contributed by atoms with E-state index in [-0.39, 0.29) is 5.88 Å². The van der Waals surface area contributed by atoms with E-state index in [0.29, 0.717) is 0 Å². The van der Waals surface area contributed by atoms with Crippen LogP contribution < -0.4 is 4.74 Å². The molecule has 0 saturated carbocycles. The van der Waals surface area contributed by atoms with Gasteiger partial charge in [0.25, 0.3) is 0 Å². The minimum absolute atomic E-state index is 0.0508. The molecule has 1 aliphatic carbocycles. The van der Waals surface area contributed by atoms with Gasteiger partial charge < -0.3 is 4.74 Å². The van der Waals surface area contributed by atoms with Crippen LogP contribution in [0.25, 0.3) is 11.1 Å². The molecule has 4 heteroatoms. The lowest BCUT2D eigenvalue weighted by Crippen LogP contribution is -2.07. The van der Waals surface area contributed by atoms with Crippen molar-refractivity contribution < 1.29 is 13.5 Å². The fourth-order valence-electron chi connectivity index (χ4n) is 2.12. The molecule has 0 aliphatic heterocycles. The standard InChI is InChI=1S/C14H11F2NO/c15-14(16)18-13-8-12(5-6-17-13)11-4-2-9-1-3-10(9)7-11/h2,4-8,14H,1,3H2. The first kappa shape index (κ1) is 11.1. The average Bonchev–Trinajstić information content (AvgIpc) is 2.30. The highest BCUT2D eigenvalue weighted by Crippen LogP contribution is 2.29. The monoisotopic (exact) mass is 247 g/mol. The minimum atomic E-state index is -2.84. The summed E-state index contributed by atoms with van der Waals surface area (Å²) in [5.74, 6) is -0.0508.